The third-order valence-electron chi connectivity index (χ3n) is 7.48. The molecule has 4 N–H and O–H groups in total. The molecule has 236 valence electrons. The maximum absolute atomic E-state index is 12.9. The first-order valence-corrected chi connectivity index (χ1v) is 16.0. The van der Waals surface area contributed by atoms with E-state index in [0.717, 1.165) is 12.8 Å². The zero-order valence-corrected chi connectivity index (χ0v) is 25.6. The van der Waals surface area contributed by atoms with Gasteiger partial charge in [-0.1, -0.05) is 30.4 Å². The van der Waals surface area contributed by atoms with Gasteiger partial charge in [-0.05, 0) is 62.6 Å². The SMILES string of the molecule is CON(c1ccc(Oc2ccccc2)cc1)[C@@H](C)C(=O)OP(=O)(O)OC[C@@H]1C=C[C@H](n2cnc3c(NC4CC4)nc(N)nc32)C1. The summed E-state index contributed by atoms with van der Waals surface area (Å²) in [6.07, 6.45) is 8.21. The molecule has 1 saturated carbocycles. The molecule has 0 saturated heterocycles. The van der Waals surface area contributed by atoms with Crippen LogP contribution in [0.1, 0.15) is 32.2 Å². The lowest BCUT2D eigenvalue weighted by Gasteiger charge is -2.27. The number of ether oxygens (including phenoxy) is 1. The second kappa shape index (κ2) is 12.9. The van der Waals surface area contributed by atoms with Crippen molar-refractivity contribution in [1.29, 1.82) is 0 Å². The molecule has 2 aliphatic carbocycles. The van der Waals surface area contributed by atoms with Gasteiger partial charge >= 0.3 is 13.8 Å². The number of nitrogen functional groups attached to an aromatic ring is 1. The average molecular weight is 636 g/mol. The van der Waals surface area contributed by atoms with Crippen molar-refractivity contribution < 1.29 is 32.9 Å². The summed E-state index contributed by atoms with van der Waals surface area (Å²) < 4.78 is 30.6. The number of phosphoric acid groups is 1. The van der Waals surface area contributed by atoms with Crippen LogP contribution < -0.4 is 20.9 Å². The van der Waals surface area contributed by atoms with Crippen LogP contribution in [0.3, 0.4) is 0 Å². The minimum atomic E-state index is -4.73. The molecule has 2 heterocycles. The second-order valence-corrected chi connectivity index (χ2v) is 12.3. The predicted molar refractivity (Wildman–Crippen MR) is 166 cm³/mol. The minimum Gasteiger partial charge on any atom is -0.457 e. The number of nitrogens with two attached hydrogens (primary N) is 1. The fraction of sp³-hybridized carbons (Fsp3) is 0.333. The Kier molecular flexibility index (Phi) is 8.72. The zero-order valence-electron chi connectivity index (χ0n) is 24.7. The number of carbonyl (C=O) groups is 1. The Hall–Kier alpha value is -4.49. The zero-order chi connectivity index (χ0) is 31.6. The molecule has 2 aromatic carbocycles. The highest BCUT2D eigenvalue weighted by Gasteiger charge is 2.34. The first kappa shape index (κ1) is 30.5. The van der Waals surface area contributed by atoms with Crippen molar-refractivity contribution in [2.75, 3.05) is 29.8 Å². The summed E-state index contributed by atoms with van der Waals surface area (Å²) in [7, 11) is -3.35. The summed E-state index contributed by atoms with van der Waals surface area (Å²) >= 11 is 0. The number of hydrogen-bond acceptors (Lipinski definition) is 12. The fourth-order valence-electron chi connectivity index (χ4n) is 5.06. The van der Waals surface area contributed by atoms with Gasteiger partial charge in [0.2, 0.25) is 5.95 Å². The Balaban J connectivity index is 1.02. The van der Waals surface area contributed by atoms with E-state index in [-0.39, 0.29) is 24.5 Å². The van der Waals surface area contributed by atoms with Crippen LogP contribution in [-0.4, -0.2) is 56.2 Å². The van der Waals surface area contributed by atoms with E-state index in [1.54, 1.807) is 30.6 Å². The Morgan fingerprint density at radius 3 is 2.58 bits per heavy atom. The Morgan fingerprint density at radius 1 is 1.13 bits per heavy atom. The molecule has 1 unspecified atom stereocenters. The lowest BCUT2D eigenvalue weighted by molar-refractivity contribution is -0.139. The van der Waals surface area contributed by atoms with Crippen LogP contribution in [-0.2, 0) is 23.2 Å². The van der Waals surface area contributed by atoms with Crippen molar-refractivity contribution in [3.63, 3.8) is 0 Å². The molecular weight excluding hydrogens is 601 g/mol. The largest absolute Gasteiger partial charge is 0.529 e. The maximum Gasteiger partial charge on any atom is 0.529 e. The second-order valence-electron chi connectivity index (χ2n) is 10.9. The van der Waals surface area contributed by atoms with E-state index in [1.807, 2.05) is 47.1 Å². The first-order valence-electron chi connectivity index (χ1n) is 14.5. The molecule has 15 heteroatoms. The molecule has 0 spiro atoms. The lowest BCUT2D eigenvalue weighted by Crippen LogP contribution is -2.39. The van der Waals surface area contributed by atoms with Crippen LogP contribution >= 0.6 is 7.82 Å². The number of para-hydroxylation sites is 1. The first-order chi connectivity index (χ1) is 21.7. The monoisotopic (exact) mass is 635 g/mol. The number of hydrogen-bond donors (Lipinski definition) is 3. The van der Waals surface area contributed by atoms with Gasteiger partial charge in [-0.2, -0.15) is 9.97 Å². The Bertz CT molecular complexity index is 1730. The summed E-state index contributed by atoms with van der Waals surface area (Å²) in [5.41, 5.74) is 7.70. The highest BCUT2D eigenvalue weighted by Crippen LogP contribution is 2.45. The van der Waals surface area contributed by atoms with Crippen LogP contribution in [0, 0.1) is 5.92 Å². The van der Waals surface area contributed by atoms with E-state index < -0.39 is 19.8 Å². The van der Waals surface area contributed by atoms with Gasteiger partial charge in [0.15, 0.2) is 23.0 Å². The van der Waals surface area contributed by atoms with Gasteiger partial charge in [0.05, 0.1) is 31.8 Å². The standard InChI is InChI=1S/C30H34N7O7P/c1-19(37(41-2)22-12-14-25(15-13-22)43-24-6-4-3-5-7-24)29(38)44-45(39,40)42-17-20-8-11-23(16-20)36-18-32-26-27(33-21-9-10-21)34-30(31)35-28(26)36/h3-8,11-15,18-21,23H,9-10,16-17H2,1-2H3,(H,39,40)(H3,31,33,34,35)/t19-,20+,23-/m0/s1. The molecule has 0 radical (unpaired) electrons. The molecule has 14 nitrogen and oxygen atoms in total. The minimum absolute atomic E-state index is 0.132. The molecule has 2 aliphatic rings. The van der Waals surface area contributed by atoms with E-state index >= 15 is 0 Å². The van der Waals surface area contributed by atoms with Crippen LogP contribution in [0.4, 0.5) is 17.5 Å². The molecule has 0 aliphatic heterocycles. The molecule has 4 aromatic rings. The van der Waals surface area contributed by atoms with E-state index in [1.165, 1.54) is 19.1 Å². The Labute approximate surface area is 259 Å². The number of imidazole rings is 1. The van der Waals surface area contributed by atoms with Gasteiger partial charge < -0.3 is 24.9 Å². The molecule has 0 amide bonds. The fourth-order valence-corrected chi connectivity index (χ4v) is 5.87. The van der Waals surface area contributed by atoms with Crippen molar-refractivity contribution >= 4 is 42.4 Å². The number of carbonyl (C=O) groups excluding carboxylic acids is 1. The lowest BCUT2D eigenvalue weighted by atomic mass is 10.1. The van der Waals surface area contributed by atoms with Crippen LogP contribution in [0.5, 0.6) is 11.5 Å². The van der Waals surface area contributed by atoms with Gasteiger partial charge in [0.25, 0.3) is 0 Å². The predicted octanol–water partition coefficient (Wildman–Crippen LogP) is 5.01. The van der Waals surface area contributed by atoms with Crippen molar-refractivity contribution in [2.45, 2.75) is 44.3 Å². The number of phosphoric ester groups is 1. The summed E-state index contributed by atoms with van der Waals surface area (Å²) in [4.78, 5) is 41.8. The highest BCUT2D eigenvalue weighted by molar-refractivity contribution is 7.48. The molecule has 1 fully saturated rings. The van der Waals surface area contributed by atoms with Crippen LogP contribution in [0.25, 0.3) is 11.2 Å². The van der Waals surface area contributed by atoms with Crippen LogP contribution in [0.2, 0.25) is 0 Å². The van der Waals surface area contributed by atoms with Gasteiger partial charge in [-0.15, -0.1) is 0 Å². The number of anilines is 3. The van der Waals surface area contributed by atoms with E-state index in [0.29, 0.717) is 46.6 Å². The summed E-state index contributed by atoms with van der Waals surface area (Å²) in [5.74, 6) is 0.802. The summed E-state index contributed by atoms with van der Waals surface area (Å²) in [6.45, 7) is 1.35. The third kappa shape index (κ3) is 7.26. The van der Waals surface area contributed by atoms with Crippen molar-refractivity contribution in [1.82, 2.24) is 19.5 Å². The average Bonchev–Trinajstić information content (AvgIpc) is 3.53. The van der Waals surface area contributed by atoms with Crippen LogP contribution in [0.15, 0.2) is 73.1 Å². The van der Waals surface area contributed by atoms with Gasteiger partial charge in [-0.3, -0.25) is 14.3 Å². The van der Waals surface area contributed by atoms with Crippen molar-refractivity contribution in [3.8, 4) is 11.5 Å². The number of aromatic nitrogens is 4. The topological polar surface area (TPSA) is 176 Å². The van der Waals surface area contributed by atoms with Crippen molar-refractivity contribution in [2.24, 2.45) is 5.92 Å². The van der Waals surface area contributed by atoms with E-state index in [9.17, 15) is 14.3 Å². The van der Waals surface area contributed by atoms with E-state index in [4.69, 9.17) is 24.4 Å². The number of rotatable bonds is 13. The van der Waals surface area contributed by atoms with Crippen molar-refractivity contribution in [3.05, 3.63) is 73.1 Å². The number of benzene rings is 2. The Morgan fingerprint density at radius 2 is 1.87 bits per heavy atom. The number of nitrogens with one attached hydrogen (secondary N) is 1. The molecule has 4 atom stereocenters. The molecule has 6 rings (SSSR count). The highest BCUT2D eigenvalue weighted by atomic mass is 31.2. The molecule has 2 aromatic heterocycles. The quantitative estimate of drug-likeness (QED) is 0.102. The summed E-state index contributed by atoms with van der Waals surface area (Å²) in [5, 5.41) is 4.60. The van der Waals surface area contributed by atoms with Gasteiger partial charge in [-0.25, -0.2) is 19.4 Å². The molecular formula is C30H34N7O7P. The third-order valence-corrected chi connectivity index (χ3v) is 8.37. The van der Waals surface area contributed by atoms with Gasteiger partial charge in [0.1, 0.15) is 11.5 Å². The summed E-state index contributed by atoms with van der Waals surface area (Å²) in [6, 6.07) is 15.3. The molecule has 0 bridgehead atoms. The number of allylic oxidation sites excluding steroid dienone is 1. The number of fused-ring (bicyclic) bond motifs is 1. The maximum atomic E-state index is 12.9. The number of hydroxylamine groups is 1. The molecule has 45 heavy (non-hydrogen) atoms. The normalized spacial score (nSPS) is 19.6. The number of nitrogens with zero attached hydrogens (tertiary/aromatic N) is 5. The van der Waals surface area contributed by atoms with Gasteiger partial charge in [0, 0.05) is 12.0 Å². The smallest absolute Gasteiger partial charge is 0.457 e. The van der Waals surface area contributed by atoms with E-state index in [2.05, 4.69) is 20.3 Å².